The minimum atomic E-state index is -0.439. The molecule has 0 aromatic carbocycles. The number of likely N-dealkylation sites (tertiary alicyclic amines) is 1. The smallest absolute Gasteiger partial charge is 0.161 e. The Kier molecular flexibility index (Phi) is 6.16. The standard InChI is InChI=1S/C28H31FN10/c1-37-7-9-39(10-8-37)22-16-31-14-21-26(22)34-28(33-21)27-23-20(35-36-27)15-32-25(24(23)29)19-11-18(12-30-13-19)17-38-5-3-2-4-6-38/h11-16H,2-10,17H2,1H3,(H,33,34)(H,35,36). The molecule has 2 saturated heterocycles. The SMILES string of the molecule is CN1CCN(c2cncc3[nH]c(-c4n[nH]c5cnc(-c6cncc(CN7CCCCC7)c6)c(F)c45)nc23)CC1. The third-order valence-corrected chi connectivity index (χ3v) is 7.91. The van der Waals surface area contributed by atoms with Crippen LogP contribution in [0.2, 0.25) is 0 Å². The number of aromatic amines is 2. The van der Waals surface area contributed by atoms with Crippen molar-refractivity contribution < 1.29 is 4.39 Å². The third-order valence-electron chi connectivity index (χ3n) is 7.91. The summed E-state index contributed by atoms with van der Waals surface area (Å²) in [7, 11) is 2.13. The van der Waals surface area contributed by atoms with Gasteiger partial charge in [-0.2, -0.15) is 5.10 Å². The molecule has 7 rings (SSSR count). The van der Waals surface area contributed by atoms with Crippen molar-refractivity contribution in [3.63, 3.8) is 0 Å². The van der Waals surface area contributed by atoms with Crippen molar-refractivity contribution in [1.29, 1.82) is 0 Å². The van der Waals surface area contributed by atoms with Crippen molar-refractivity contribution in [1.82, 2.24) is 44.9 Å². The van der Waals surface area contributed by atoms with E-state index in [0.717, 1.165) is 68.1 Å². The Morgan fingerprint density at radius 3 is 2.54 bits per heavy atom. The van der Waals surface area contributed by atoms with Gasteiger partial charge in [0.05, 0.1) is 40.7 Å². The summed E-state index contributed by atoms with van der Waals surface area (Å²) in [5.74, 6) is 0.0543. The summed E-state index contributed by atoms with van der Waals surface area (Å²) in [6.45, 7) is 6.75. The molecule has 200 valence electrons. The van der Waals surface area contributed by atoms with Crippen molar-refractivity contribution in [3.05, 3.63) is 48.4 Å². The number of piperidine rings is 1. The Labute approximate surface area is 225 Å². The molecule has 7 heterocycles. The molecule has 11 heteroatoms. The zero-order valence-electron chi connectivity index (χ0n) is 22.0. The van der Waals surface area contributed by atoms with Gasteiger partial charge in [0.15, 0.2) is 11.6 Å². The molecule has 2 aliphatic heterocycles. The molecular formula is C28H31FN10. The topological polar surface area (TPSA) is 106 Å². The lowest BCUT2D eigenvalue weighted by Gasteiger charge is -2.33. The maximum Gasteiger partial charge on any atom is 0.161 e. The summed E-state index contributed by atoms with van der Waals surface area (Å²) in [6.07, 6.45) is 12.5. The van der Waals surface area contributed by atoms with Crippen molar-refractivity contribution in [2.45, 2.75) is 25.8 Å². The maximum absolute atomic E-state index is 16.2. The summed E-state index contributed by atoms with van der Waals surface area (Å²) in [6, 6.07) is 1.99. The Morgan fingerprint density at radius 1 is 0.872 bits per heavy atom. The molecule has 10 nitrogen and oxygen atoms in total. The van der Waals surface area contributed by atoms with Gasteiger partial charge in [-0.05, 0) is 44.6 Å². The van der Waals surface area contributed by atoms with Gasteiger partial charge in [0, 0.05) is 50.7 Å². The van der Waals surface area contributed by atoms with E-state index >= 15 is 4.39 Å². The number of anilines is 1. The summed E-state index contributed by atoms with van der Waals surface area (Å²) in [5, 5.41) is 7.73. The second-order valence-electron chi connectivity index (χ2n) is 10.6. The first kappa shape index (κ1) is 24.1. The Hall–Kier alpha value is -3.96. The highest BCUT2D eigenvalue weighted by atomic mass is 19.1. The summed E-state index contributed by atoms with van der Waals surface area (Å²) >= 11 is 0. The zero-order valence-corrected chi connectivity index (χ0v) is 22.0. The van der Waals surface area contributed by atoms with Crippen molar-refractivity contribution in [2.75, 3.05) is 51.2 Å². The normalized spacial score (nSPS) is 17.4. The summed E-state index contributed by atoms with van der Waals surface area (Å²) in [4.78, 5) is 28.5. The molecule has 0 aliphatic carbocycles. The van der Waals surface area contributed by atoms with Gasteiger partial charge in [0.2, 0.25) is 0 Å². The van der Waals surface area contributed by atoms with Gasteiger partial charge in [-0.15, -0.1) is 0 Å². The molecule has 5 aromatic rings. The number of nitrogens with one attached hydrogen (secondary N) is 2. The first-order valence-corrected chi connectivity index (χ1v) is 13.6. The number of fused-ring (bicyclic) bond motifs is 2. The fourth-order valence-corrected chi connectivity index (χ4v) is 5.74. The molecule has 2 N–H and O–H groups in total. The van der Waals surface area contributed by atoms with E-state index in [-0.39, 0.29) is 5.69 Å². The average molecular weight is 527 g/mol. The van der Waals surface area contributed by atoms with Crippen molar-refractivity contribution in [2.24, 2.45) is 0 Å². The first-order chi connectivity index (χ1) is 19.1. The van der Waals surface area contributed by atoms with Crippen LogP contribution in [0.25, 0.3) is 44.7 Å². The van der Waals surface area contributed by atoms with E-state index in [0.29, 0.717) is 28.0 Å². The van der Waals surface area contributed by atoms with Gasteiger partial charge in [-0.1, -0.05) is 6.42 Å². The Morgan fingerprint density at radius 2 is 1.69 bits per heavy atom. The quantitative estimate of drug-likeness (QED) is 0.356. The zero-order chi connectivity index (χ0) is 26.3. The molecule has 39 heavy (non-hydrogen) atoms. The van der Waals surface area contributed by atoms with E-state index in [1.807, 2.05) is 18.5 Å². The van der Waals surface area contributed by atoms with Crippen molar-refractivity contribution in [3.8, 4) is 22.8 Å². The number of piperazine rings is 1. The Balaban J connectivity index is 1.25. The van der Waals surface area contributed by atoms with Crippen LogP contribution in [0.1, 0.15) is 24.8 Å². The van der Waals surface area contributed by atoms with Crippen LogP contribution in [-0.4, -0.2) is 91.2 Å². The predicted molar refractivity (Wildman–Crippen MR) is 149 cm³/mol. The molecule has 0 bridgehead atoms. The lowest BCUT2D eigenvalue weighted by atomic mass is 10.1. The Bertz CT molecular complexity index is 1630. The molecule has 2 aliphatic rings. The van der Waals surface area contributed by atoms with Gasteiger partial charge in [-0.3, -0.25) is 25.0 Å². The molecule has 0 atom stereocenters. The minimum Gasteiger partial charge on any atom is -0.366 e. The summed E-state index contributed by atoms with van der Waals surface area (Å²) in [5.41, 5.74) is 5.49. The van der Waals surface area contributed by atoms with Gasteiger partial charge < -0.3 is 14.8 Å². The molecule has 2 fully saturated rings. The van der Waals surface area contributed by atoms with E-state index < -0.39 is 5.82 Å². The minimum absolute atomic E-state index is 0.258. The largest absolute Gasteiger partial charge is 0.366 e. The molecule has 0 amide bonds. The second kappa shape index (κ2) is 9.97. The number of imidazole rings is 1. The van der Waals surface area contributed by atoms with Crippen LogP contribution in [-0.2, 0) is 6.54 Å². The van der Waals surface area contributed by atoms with Crippen LogP contribution in [0.5, 0.6) is 0 Å². The molecule has 0 saturated carbocycles. The number of aromatic nitrogens is 7. The maximum atomic E-state index is 16.2. The van der Waals surface area contributed by atoms with Crippen LogP contribution in [0.4, 0.5) is 10.1 Å². The highest BCUT2D eigenvalue weighted by Crippen LogP contribution is 2.34. The van der Waals surface area contributed by atoms with Gasteiger partial charge in [0.1, 0.15) is 16.9 Å². The second-order valence-corrected chi connectivity index (χ2v) is 10.6. The third kappa shape index (κ3) is 4.51. The number of hydrogen-bond acceptors (Lipinski definition) is 8. The number of H-pyrrole nitrogens is 2. The molecular weight excluding hydrogens is 495 g/mol. The number of pyridine rings is 3. The molecule has 0 unspecified atom stereocenters. The highest BCUT2D eigenvalue weighted by Gasteiger charge is 2.23. The monoisotopic (exact) mass is 526 g/mol. The van der Waals surface area contributed by atoms with Crippen LogP contribution in [0.3, 0.4) is 0 Å². The van der Waals surface area contributed by atoms with E-state index in [4.69, 9.17) is 4.98 Å². The summed E-state index contributed by atoms with van der Waals surface area (Å²) < 4.78 is 16.2. The van der Waals surface area contributed by atoms with E-state index in [1.165, 1.54) is 19.3 Å². The molecule has 0 radical (unpaired) electrons. The number of nitrogens with zero attached hydrogens (tertiary/aromatic N) is 8. The van der Waals surface area contributed by atoms with Crippen molar-refractivity contribution >= 4 is 27.6 Å². The van der Waals surface area contributed by atoms with Crippen LogP contribution < -0.4 is 4.90 Å². The lowest BCUT2D eigenvalue weighted by molar-refractivity contribution is 0.220. The van der Waals surface area contributed by atoms with Gasteiger partial charge >= 0.3 is 0 Å². The highest BCUT2D eigenvalue weighted by molar-refractivity contribution is 5.97. The van der Waals surface area contributed by atoms with E-state index in [1.54, 1.807) is 18.6 Å². The van der Waals surface area contributed by atoms with Gasteiger partial charge in [-0.25, -0.2) is 9.37 Å². The van der Waals surface area contributed by atoms with Crippen LogP contribution in [0.15, 0.2) is 37.1 Å². The van der Waals surface area contributed by atoms with E-state index in [9.17, 15) is 0 Å². The number of rotatable bonds is 5. The average Bonchev–Trinajstić information content (AvgIpc) is 3.59. The lowest BCUT2D eigenvalue weighted by Crippen LogP contribution is -2.44. The van der Waals surface area contributed by atoms with Gasteiger partial charge in [0.25, 0.3) is 0 Å². The molecule has 0 spiro atoms. The predicted octanol–water partition coefficient (Wildman–Crippen LogP) is 3.84. The first-order valence-electron chi connectivity index (χ1n) is 13.6. The number of likely N-dealkylation sites (N-methyl/N-ethyl adjacent to an activating group) is 1. The number of halogens is 1. The fraction of sp³-hybridized carbons (Fsp3) is 0.393. The van der Waals surface area contributed by atoms with Crippen LogP contribution in [0, 0.1) is 5.82 Å². The number of hydrogen-bond donors (Lipinski definition) is 2. The van der Waals surface area contributed by atoms with Crippen LogP contribution >= 0.6 is 0 Å². The fourth-order valence-electron chi connectivity index (χ4n) is 5.74. The van der Waals surface area contributed by atoms with E-state index in [2.05, 4.69) is 51.9 Å². The molecule has 5 aromatic heterocycles.